The minimum Gasteiger partial charge on any atom is -0.348 e. The maximum Gasteiger partial charge on any atom is 0.223 e. The lowest BCUT2D eigenvalue weighted by Gasteiger charge is -2.13. The third kappa shape index (κ3) is 2.57. The molecule has 0 aliphatic rings. The molecule has 0 radical (unpaired) electrons. The number of benzene rings is 1. The second-order valence-corrected chi connectivity index (χ2v) is 3.86. The Bertz CT molecular complexity index is 436. The van der Waals surface area contributed by atoms with Crippen molar-refractivity contribution in [3.05, 3.63) is 53.9 Å². The van der Waals surface area contributed by atoms with Crippen LogP contribution in [0.5, 0.6) is 0 Å². The van der Waals surface area contributed by atoms with Gasteiger partial charge in [-0.15, -0.1) is 0 Å². The van der Waals surface area contributed by atoms with E-state index in [2.05, 4.69) is 34.3 Å². The molecule has 0 spiro atoms. The first-order valence-electron chi connectivity index (χ1n) is 5.36. The van der Waals surface area contributed by atoms with Crippen LogP contribution in [0, 0.1) is 6.92 Å². The largest absolute Gasteiger partial charge is 0.348 e. The summed E-state index contributed by atoms with van der Waals surface area (Å²) < 4.78 is 0. The van der Waals surface area contributed by atoms with Crippen molar-refractivity contribution in [1.82, 2.24) is 9.97 Å². The van der Waals surface area contributed by atoms with E-state index in [-0.39, 0.29) is 6.04 Å². The zero-order valence-corrected chi connectivity index (χ0v) is 9.51. The third-order valence-electron chi connectivity index (χ3n) is 2.43. The van der Waals surface area contributed by atoms with Crippen molar-refractivity contribution in [1.29, 1.82) is 0 Å². The van der Waals surface area contributed by atoms with Crippen LogP contribution in [-0.4, -0.2) is 9.97 Å². The Balaban J connectivity index is 2.08. The van der Waals surface area contributed by atoms with Crippen LogP contribution in [0.15, 0.2) is 42.7 Å². The summed E-state index contributed by atoms with van der Waals surface area (Å²) in [6.07, 6.45) is 3.63. The first-order chi connectivity index (χ1) is 7.75. The van der Waals surface area contributed by atoms with Crippen LogP contribution in [0.1, 0.15) is 24.1 Å². The normalized spacial score (nSPS) is 12.1. The van der Waals surface area contributed by atoms with Crippen molar-refractivity contribution < 1.29 is 0 Å². The number of anilines is 1. The van der Waals surface area contributed by atoms with Gasteiger partial charge in [0.25, 0.3) is 0 Å². The maximum absolute atomic E-state index is 4.22. The summed E-state index contributed by atoms with van der Waals surface area (Å²) >= 11 is 0. The van der Waals surface area contributed by atoms with E-state index in [1.165, 1.54) is 5.56 Å². The van der Waals surface area contributed by atoms with E-state index in [9.17, 15) is 0 Å². The summed E-state index contributed by atoms with van der Waals surface area (Å²) in [6.45, 7) is 4.07. The molecule has 0 fully saturated rings. The van der Waals surface area contributed by atoms with Crippen LogP contribution in [-0.2, 0) is 0 Å². The maximum atomic E-state index is 4.22. The molecule has 0 aliphatic carbocycles. The summed E-state index contributed by atoms with van der Waals surface area (Å²) in [4.78, 5) is 8.44. The average Bonchev–Trinajstić information content (AvgIpc) is 2.33. The zero-order chi connectivity index (χ0) is 11.4. The fourth-order valence-electron chi connectivity index (χ4n) is 1.49. The van der Waals surface area contributed by atoms with Gasteiger partial charge in [0.05, 0.1) is 6.04 Å². The molecule has 2 rings (SSSR count). The van der Waals surface area contributed by atoms with Crippen LogP contribution in [0.3, 0.4) is 0 Å². The highest BCUT2D eigenvalue weighted by Crippen LogP contribution is 2.15. The van der Waals surface area contributed by atoms with E-state index < -0.39 is 0 Å². The van der Waals surface area contributed by atoms with Crippen LogP contribution in [0.4, 0.5) is 5.95 Å². The standard InChI is InChI=1S/C13H15N3/c1-10-8-14-13(15-9-10)16-11(2)12-6-4-3-5-7-12/h3-9,11H,1-2H3,(H,14,15,16)/t11-/m0/s1. The summed E-state index contributed by atoms with van der Waals surface area (Å²) in [6, 6.07) is 10.5. The van der Waals surface area contributed by atoms with Crippen molar-refractivity contribution in [3.63, 3.8) is 0 Å². The lowest BCUT2D eigenvalue weighted by Crippen LogP contribution is -2.09. The predicted molar refractivity (Wildman–Crippen MR) is 65.2 cm³/mol. The minimum atomic E-state index is 0.212. The monoisotopic (exact) mass is 213 g/mol. The van der Waals surface area contributed by atoms with Gasteiger partial charge in [0.1, 0.15) is 0 Å². The molecule has 2 aromatic rings. The van der Waals surface area contributed by atoms with E-state index in [0.29, 0.717) is 5.95 Å². The van der Waals surface area contributed by atoms with Crippen LogP contribution in [0.2, 0.25) is 0 Å². The zero-order valence-electron chi connectivity index (χ0n) is 9.51. The molecule has 1 N–H and O–H groups in total. The summed E-state index contributed by atoms with van der Waals surface area (Å²) in [5, 5.41) is 3.26. The molecular weight excluding hydrogens is 198 g/mol. The average molecular weight is 213 g/mol. The Morgan fingerprint density at radius 1 is 1.06 bits per heavy atom. The Morgan fingerprint density at radius 2 is 1.69 bits per heavy atom. The Morgan fingerprint density at radius 3 is 2.31 bits per heavy atom. The minimum absolute atomic E-state index is 0.212. The van der Waals surface area contributed by atoms with E-state index >= 15 is 0 Å². The summed E-state index contributed by atoms with van der Waals surface area (Å²) in [5.74, 6) is 0.668. The van der Waals surface area contributed by atoms with Gasteiger partial charge in [0.2, 0.25) is 5.95 Å². The molecule has 1 atom stereocenters. The summed E-state index contributed by atoms with van der Waals surface area (Å²) in [7, 11) is 0. The molecular formula is C13H15N3. The van der Waals surface area contributed by atoms with Crippen molar-refractivity contribution >= 4 is 5.95 Å². The number of hydrogen-bond acceptors (Lipinski definition) is 3. The van der Waals surface area contributed by atoms with Crippen molar-refractivity contribution in [2.75, 3.05) is 5.32 Å². The number of aryl methyl sites for hydroxylation is 1. The highest BCUT2D eigenvalue weighted by molar-refractivity contribution is 5.31. The highest BCUT2D eigenvalue weighted by Gasteiger charge is 2.05. The first-order valence-corrected chi connectivity index (χ1v) is 5.36. The Labute approximate surface area is 95.6 Å². The predicted octanol–water partition coefficient (Wildman–Crippen LogP) is 2.96. The fraction of sp³-hybridized carbons (Fsp3) is 0.231. The smallest absolute Gasteiger partial charge is 0.223 e. The number of nitrogens with zero attached hydrogens (tertiary/aromatic N) is 2. The van der Waals surface area contributed by atoms with Crippen molar-refractivity contribution in [2.45, 2.75) is 19.9 Å². The number of rotatable bonds is 3. The van der Waals surface area contributed by atoms with Gasteiger partial charge in [0.15, 0.2) is 0 Å². The molecule has 0 saturated carbocycles. The number of nitrogens with one attached hydrogen (secondary N) is 1. The number of aromatic nitrogens is 2. The molecule has 0 bridgehead atoms. The van der Waals surface area contributed by atoms with E-state index in [1.54, 1.807) is 0 Å². The molecule has 0 unspecified atom stereocenters. The number of hydrogen-bond donors (Lipinski definition) is 1. The van der Waals surface area contributed by atoms with Gasteiger partial charge in [-0.1, -0.05) is 30.3 Å². The third-order valence-corrected chi connectivity index (χ3v) is 2.43. The lowest BCUT2D eigenvalue weighted by atomic mass is 10.1. The van der Waals surface area contributed by atoms with Crippen LogP contribution in [0.25, 0.3) is 0 Å². The topological polar surface area (TPSA) is 37.8 Å². The van der Waals surface area contributed by atoms with Crippen molar-refractivity contribution in [3.8, 4) is 0 Å². The SMILES string of the molecule is Cc1cnc(N[C@@H](C)c2ccccc2)nc1. The van der Waals surface area contributed by atoms with Gasteiger partial charge in [-0.2, -0.15) is 0 Å². The van der Waals surface area contributed by atoms with Crippen LogP contribution >= 0.6 is 0 Å². The molecule has 16 heavy (non-hydrogen) atoms. The highest BCUT2D eigenvalue weighted by atomic mass is 15.1. The lowest BCUT2D eigenvalue weighted by molar-refractivity contribution is 0.859. The van der Waals surface area contributed by atoms with E-state index in [4.69, 9.17) is 0 Å². The fourth-order valence-corrected chi connectivity index (χ4v) is 1.49. The Kier molecular flexibility index (Phi) is 3.15. The quantitative estimate of drug-likeness (QED) is 0.851. The van der Waals surface area contributed by atoms with Gasteiger partial charge in [-0.3, -0.25) is 0 Å². The van der Waals surface area contributed by atoms with Gasteiger partial charge >= 0.3 is 0 Å². The molecule has 82 valence electrons. The van der Waals surface area contributed by atoms with E-state index in [1.807, 2.05) is 37.5 Å². The van der Waals surface area contributed by atoms with Gasteiger partial charge in [0, 0.05) is 12.4 Å². The first kappa shape index (κ1) is 10.6. The molecule has 0 aliphatic heterocycles. The molecule has 1 heterocycles. The van der Waals surface area contributed by atoms with Crippen LogP contribution < -0.4 is 5.32 Å². The second-order valence-electron chi connectivity index (χ2n) is 3.86. The molecule has 1 aromatic heterocycles. The van der Waals surface area contributed by atoms with E-state index in [0.717, 1.165) is 5.56 Å². The molecule has 0 saturated heterocycles. The molecule has 0 amide bonds. The van der Waals surface area contributed by atoms with Gasteiger partial charge in [-0.05, 0) is 25.0 Å². The van der Waals surface area contributed by atoms with Gasteiger partial charge < -0.3 is 5.32 Å². The molecule has 3 heteroatoms. The molecule has 1 aromatic carbocycles. The summed E-state index contributed by atoms with van der Waals surface area (Å²) in [5.41, 5.74) is 2.30. The van der Waals surface area contributed by atoms with Crippen molar-refractivity contribution in [2.24, 2.45) is 0 Å². The van der Waals surface area contributed by atoms with Gasteiger partial charge in [-0.25, -0.2) is 9.97 Å². The second kappa shape index (κ2) is 4.75. The Hall–Kier alpha value is -1.90. The molecule has 3 nitrogen and oxygen atoms in total.